The molecule has 0 radical (unpaired) electrons. The zero-order valence-corrected chi connectivity index (χ0v) is 10.7. The van der Waals surface area contributed by atoms with Crippen molar-refractivity contribution in [3.8, 4) is 0 Å². The summed E-state index contributed by atoms with van der Waals surface area (Å²) in [7, 11) is 1.99. The summed E-state index contributed by atoms with van der Waals surface area (Å²) in [6.07, 6.45) is 1.04. The fraction of sp³-hybridized carbons (Fsp3) is 0.833. The smallest absolute Gasteiger partial charge is 0.304 e. The number of aliphatic imine (C=N–C) groups is 1. The van der Waals surface area contributed by atoms with E-state index in [1.165, 1.54) is 0 Å². The second-order valence-electron chi connectivity index (χ2n) is 5.72. The van der Waals surface area contributed by atoms with Crippen LogP contribution in [0.4, 0.5) is 0 Å². The molecule has 1 aliphatic rings. The number of aliphatic carboxylic acids is 1. The highest BCUT2D eigenvalue weighted by Crippen LogP contribution is 2.29. The van der Waals surface area contributed by atoms with Gasteiger partial charge in [0.05, 0.1) is 13.0 Å². The average molecular weight is 226 g/mol. The summed E-state index contributed by atoms with van der Waals surface area (Å²) in [4.78, 5) is 17.4. The van der Waals surface area contributed by atoms with Crippen molar-refractivity contribution in [3.63, 3.8) is 0 Å². The number of hydrogen-bond acceptors (Lipinski definition) is 3. The van der Waals surface area contributed by atoms with Gasteiger partial charge in [0, 0.05) is 19.5 Å². The molecule has 0 aliphatic carbocycles. The lowest BCUT2D eigenvalue weighted by Crippen LogP contribution is -2.33. The van der Waals surface area contributed by atoms with Crippen LogP contribution in [-0.2, 0) is 4.79 Å². The van der Waals surface area contributed by atoms with Gasteiger partial charge in [-0.2, -0.15) is 0 Å². The highest BCUT2D eigenvalue weighted by atomic mass is 16.4. The summed E-state index contributed by atoms with van der Waals surface area (Å²) in [5, 5.41) is 8.95. The minimum Gasteiger partial charge on any atom is -0.481 e. The SMILES string of the molecule is CN1CCN=C1C(CC(=O)O)CC(C)(C)C. The van der Waals surface area contributed by atoms with Gasteiger partial charge in [-0.1, -0.05) is 20.8 Å². The molecule has 4 nitrogen and oxygen atoms in total. The third kappa shape index (κ3) is 3.83. The zero-order valence-electron chi connectivity index (χ0n) is 10.7. The molecule has 4 heteroatoms. The van der Waals surface area contributed by atoms with Gasteiger partial charge >= 0.3 is 5.97 Å². The van der Waals surface area contributed by atoms with E-state index < -0.39 is 5.97 Å². The second kappa shape index (κ2) is 4.85. The molecule has 0 saturated heterocycles. The van der Waals surface area contributed by atoms with Crippen LogP contribution in [-0.4, -0.2) is 41.9 Å². The zero-order chi connectivity index (χ0) is 12.3. The molecule has 92 valence electrons. The van der Waals surface area contributed by atoms with Crippen LogP contribution in [0.25, 0.3) is 0 Å². The van der Waals surface area contributed by atoms with Gasteiger partial charge in [-0.15, -0.1) is 0 Å². The molecule has 1 rings (SSSR count). The van der Waals surface area contributed by atoms with E-state index in [2.05, 4.69) is 30.7 Å². The van der Waals surface area contributed by atoms with Crippen LogP contribution in [0, 0.1) is 11.3 Å². The Morgan fingerprint density at radius 3 is 2.56 bits per heavy atom. The number of hydrogen-bond donors (Lipinski definition) is 1. The lowest BCUT2D eigenvalue weighted by atomic mass is 9.82. The summed E-state index contributed by atoms with van der Waals surface area (Å²) in [6, 6.07) is 0. The number of nitrogens with zero attached hydrogens (tertiary/aromatic N) is 2. The Kier molecular flexibility index (Phi) is 3.94. The summed E-state index contributed by atoms with van der Waals surface area (Å²) in [5.74, 6) is 0.277. The van der Waals surface area contributed by atoms with E-state index in [-0.39, 0.29) is 17.8 Å². The van der Waals surface area contributed by atoms with Crippen LogP contribution < -0.4 is 0 Å². The van der Waals surface area contributed by atoms with Crippen molar-refractivity contribution < 1.29 is 9.90 Å². The molecule has 0 bridgehead atoms. The third-order valence-corrected chi connectivity index (χ3v) is 2.75. The highest BCUT2D eigenvalue weighted by molar-refractivity contribution is 5.88. The molecular weight excluding hydrogens is 204 g/mol. The van der Waals surface area contributed by atoms with Gasteiger partial charge in [-0.05, 0) is 11.8 Å². The Hall–Kier alpha value is -1.06. The number of carboxylic acid groups (broad SMARTS) is 1. The van der Waals surface area contributed by atoms with Crippen molar-refractivity contribution in [1.29, 1.82) is 0 Å². The number of carboxylic acids is 1. The molecule has 1 aliphatic heterocycles. The molecule has 16 heavy (non-hydrogen) atoms. The Labute approximate surface area is 97.4 Å². The van der Waals surface area contributed by atoms with Crippen molar-refractivity contribution in [2.75, 3.05) is 20.1 Å². The fourth-order valence-corrected chi connectivity index (χ4v) is 2.20. The fourth-order valence-electron chi connectivity index (χ4n) is 2.20. The molecule has 0 aromatic carbocycles. The van der Waals surface area contributed by atoms with E-state index in [4.69, 9.17) is 5.11 Å². The van der Waals surface area contributed by atoms with E-state index >= 15 is 0 Å². The van der Waals surface area contributed by atoms with Gasteiger partial charge in [0.25, 0.3) is 0 Å². The summed E-state index contributed by atoms with van der Waals surface area (Å²) >= 11 is 0. The van der Waals surface area contributed by atoms with Gasteiger partial charge in [0.15, 0.2) is 0 Å². The van der Waals surface area contributed by atoms with E-state index in [1.54, 1.807) is 0 Å². The van der Waals surface area contributed by atoms with Gasteiger partial charge in [0.2, 0.25) is 0 Å². The Bertz CT molecular complexity index is 292. The summed E-state index contributed by atoms with van der Waals surface area (Å²) in [5.41, 5.74) is 0.131. The lowest BCUT2D eigenvalue weighted by molar-refractivity contribution is -0.137. The molecule has 0 aromatic heterocycles. The minimum absolute atomic E-state index is 0.0463. The van der Waals surface area contributed by atoms with Crippen molar-refractivity contribution >= 4 is 11.8 Å². The minimum atomic E-state index is -0.739. The molecule has 1 unspecified atom stereocenters. The topological polar surface area (TPSA) is 52.9 Å². The summed E-state index contributed by atoms with van der Waals surface area (Å²) in [6.45, 7) is 8.12. The van der Waals surface area contributed by atoms with Crippen LogP contribution in [0.3, 0.4) is 0 Å². The van der Waals surface area contributed by atoms with E-state index in [1.807, 2.05) is 7.05 Å². The molecule has 1 N–H and O–H groups in total. The molecule has 0 saturated carbocycles. The molecule has 0 amide bonds. The average Bonchev–Trinajstić information content (AvgIpc) is 2.46. The Balaban J connectivity index is 2.75. The van der Waals surface area contributed by atoms with Crippen molar-refractivity contribution in [2.24, 2.45) is 16.3 Å². The number of likely N-dealkylation sites (N-methyl/N-ethyl adjacent to an activating group) is 1. The van der Waals surface area contributed by atoms with E-state index in [9.17, 15) is 4.79 Å². The first-order valence-corrected chi connectivity index (χ1v) is 5.77. The highest BCUT2D eigenvalue weighted by Gasteiger charge is 2.29. The standard InChI is InChI=1S/C12H22N2O2/c1-12(2,3)8-9(7-10(15)16)11-13-5-6-14(11)4/h9H,5-8H2,1-4H3,(H,15,16). The monoisotopic (exact) mass is 226 g/mol. The Morgan fingerprint density at radius 2 is 2.19 bits per heavy atom. The Morgan fingerprint density at radius 1 is 1.56 bits per heavy atom. The molecule has 1 heterocycles. The first kappa shape index (κ1) is 13.0. The van der Waals surface area contributed by atoms with Crippen molar-refractivity contribution in [1.82, 2.24) is 4.90 Å². The number of carbonyl (C=O) groups is 1. The first-order chi connectivity index (χ1) is 7.29. The molecular formula is C12H22N2O2. The maximum atomic E-state index is 10.9. The normalized spacial score (nSPS) is 18.5. The number of rotatable bonds is 4. The van der Waals surface area contributed by atoms with Gasteiger partial charge in [0.1, 0.15) is 5.84 Å². The van der Waals surface area contributed by atoms with Crippen LogP contribution in [0.2, 0.25) is 0 Å². The lowest BCUT2D eigenvalue weighted by Gasteiger charge is -2.28. The van der Waals surface area contributed by atoms with Gasteiger partial charge in [-0.25, -0.2) is 0 Å². The van der Waals surface area contributed by atoms with Crippen LogP contribution in [0.5, 0.6) is 0 Å². The molecule has 0 aromatic rings. The second-order valence-corrected chi connectivity index (χ2v) is 5.72. The van der Waals surface area contributed by atoms with Crippen LogP contribution >= 0.6 is 0 Å². The van der Waals surface area contributed by atoms with Gasteiger partial charge in [-0.3, -0.25) is 9.79 Å². The van der Waals surface area contributed by atoms with E-state index in [0.29, 0.717) is 0 Å². The maximum Gasteiger partial charge on any atom is 0.304 e. The van der Waals surface area contributed by atoms with E-state index in [0.717, 1.165) is 25.3 Å². The quantitative estimate of drug-likeness (QED) is 0.796. The first-order valence-electron chi connectivity index (χ1n) is 5.77. The van der Waals surface area contributed by atoms with Crippen molar-refractivity contribution in [3.05, 3.63) is 0 Å². The largest absolute Gasteiger partial charge is 0.481 e. The molecule has 1 atom stereocenters. The molecule has 0 fully saturated rings. The van der Waals surface area contributed by atoms with Crippen LogP contribution in [0.15, 0.2) is 4.99 Å². The predicted octanol–water partition coefficient (Wildman–Crippen LogP) is 1.86. The van der Waals surface area contributed by atoms with Gasteiger partial charge < -0.3 is 10.0 Å². The maximum absolute atomic E-state index is 10.9. The molecule has 0 spiro atoms. The van der Waals surface area contributed by atoms with Crippen molar-refractivity contribution in [2.45, 2.75) is 33.6 Å². The summed E-state index contributed by atoms with van der Waals surface area (Å²) < 4.78 is 0. The van der Waals surface area contributed by atoms with Crippen LogP contribution in [0.1, 0.15) is 33.6 Å². The third-order valence-electron chi connectivity index (χ3n) is 2.75. The number of amidine groups is 1. The predicted molar refractivity (Wildman–Crippen MR) is 64.7 cm³/mol.